The maximum absolute atomic E-state index is 12.4. The molecule has 2 heterocycles. The van der Waals surface area contributed by atoms with Crippen LogP contribution in [0.2, 0.25) is 0 Å². The summed E-state index contributed by atoms with van der Waals surface area (Å²) in [6, 6.07) is 2.33. The van der Waals surface area contributed by atoms with E-state index in [0.29, 0.717) is 6.04 Å². The van der Waals surface area contributed by atoms with Crippen LogP contribution in [0, 0.1) is 0 Å². The van der Waals surface area contributed by atoms with Crippen molar-refractivity contribution in [2.24, 2.45) is 7.05 Å². The Morgan fingerprint density at radius 1 is 1.50 bits per heavy atom. The van der Waals surface area contributed by atoms with Gasteiger partial charge >= 0.3 is 0 Å². The number of aromatic nitrogens is 1. The summed E-state index contributed by atoms with van der Waals surface area (Å²) in [4.78, 5) is 16.8. The van der Waals surface area contributed by atoms with Crippen molar-refractivity contribution in [3.8, 4) is 0 Å². The molecule has 0 aromatic carbocycles. The second kappa shape index (κ2) is 5.45. The molecule has 18 heavy (non-hydrogen) atoms. The fourth-order valence-electron chi connectivity index (χ4n) is 2.55. The molecule has 0 N–H and O–H groups in total. The Kier molecular flexibility index (Phi) is 4.12. The number of hydrogen-bond acceptors (Lipinski definition) is 2. The van der Waals surface area contributed by atoms with E-state index in [4.69, 9.17) is 0 Å². The number of nitrogens with zero attached hydrogens (tertiary/aromatic N) is 3. The number of piperazine rings is 1. The Balaban J connectivity index is 2.09. The van der Waals surface area contributed by atoms with Crippen molar-refractivity contribution in [1.29, 1.82) is 0 Å². The van der Waals surface area contributed by atoms with Crippen LogP contribution < -0.4 is 0 Å². The second-order valence-electron chi connectivity index (χ2n) is 4.88. The summed E-state index contributed by atoms with van der Waals surface area (Å²) >= 11 is 3.41. The molecule has 1 saturated heterocycles. The van der Waals surface area contributed by atoms with Gasteiger partial charge in [-0.05, 0) is 35.5 Å². The van der Waals surface area contributed by atoms with Crippen molar-refractivity contribution in [3.05, 3.63) is 22.4 Å². The molecule has 2 rings (SSSR count). The van der Waals surface area contributed by atoms with Crippen molar-refractivity contribution < 1.29 is 4.79 Å². The predicted molar refractivity (Wildman–Crippen MR) is 75.7 cm³/mol. The SMILES string of the molecule is CCN1CCN(C(=O)c2cc(Br)cn2C)CC1C. The van der Waals surface area contributed by atoms with E-state index >= 15 is 0 Å². The first-order chi connectivity index (χ1) is 8.52. The van der Waals surface area contributed by atoms with Gasteiger partial charge in [-0.1, -0.05) is 6.92 Å². The monoisotopic (exact) mass is 313 g/mol. The number of hydrogen-bond donors (Lipinski definition) is 0. The molecule has 1 aliphatic heterocycles. The van der Waals surface area contributed by atoms with Gasteiger partial charge in [-0.25, -0.2) is 0 Å². The number of halogens is 1. The van der Waals surface area contributed by atoms with Gasteiger partial charge in [0.1, 0.15) is 5.69 Å². The Morgan fingerprint density at radius 3 is 2.72 bits per heavy atom. The van der Waals surface area contributed by atoms with E-state index < -0.39 is 0 Å². The Labute approximate surface area is 117 Å². The first-order valence-electron chi connectivity index (χ1n) is 6.38. The van der Waals surface area contributed by atoms with Crippen LogP contribution >= 0.6 is 15.9 Å². The van der Waals surface area contributed by atoms with Gasteiger partial charge in [-0.2, -0.15) is 0 Å². The summed E-state index contributed by atoms with van der Waals surface area (Å²) in [5.41, 5.74) is 0.749. The van der Waals surface area contributed by atoms with Gasteiger partial charge in [-0.3, -0.25) is 9.69 Å². The summed E-state index contributed by atoms with van der Waals surface area (Å²) in [5, 5.41) is 0. The Bertz CT molecular complexity index is 443. The summed E-state index contributed by atoms with van der Waals surface area (Å²) < 4.78 is 2.83. The fourth-order valence-corrected chi connectivity index (χ4v) is 3.07. The highest BCUT2D eigenvalue weighted by atomic mass is 79.9. The highest BCUT2D eigenvalue weighted by Gasteiger charge is 2.27. The number of aryl methyl sites for hydroxylation is 1. The van der Waals surface area contributed by atoms with E-state index in [0.717, 1.165) is 36.3 Å². The van der Waals surface area contributed by atoms with Gasteiger partial charge in [0, 0.05) is 43.4 Å². The normalized spacial score (nSPS) is 21.3. The maximum atomic E-state index is 12.4. The third-order valence-electron chi connectivity index (χ3n) is 3.65. The maximum Gasteiger partial charge on any atom is 0.270 e. The lowest BCUT2D eigenvalue weighted by molar-refractivity contribution is 0.0519. The largest absolute Gasteiger partial charge is 0.345 e. The molecule has 100 valence electrons. The predicted octanol–water partition coefficient (Wildman–Crippen LogP) is 1.95. The van der Waals surface area contributed by atoms with E-state index in [1.165, 1.54) is 0 Å². The summed E-state index contributed by atoms with van der Waals surface area (Å²) in [6.07, 6.45) is 1.92. The number of rotatable bonds is 2. The van der Waals surface area contributed by atoms with E-state index in [1.807, 2.05) is 28.8 Å². The van der Waals surface area contributed by atoms with Gasteiger partial charge in [0.25, 0.3) is 5.91 Å². The van der Waals surface area contributed by atoms with Crippen LogP contribution in [-0.4, -0.2) is 52.5 Å². The van der Waals surface area contributed by atoms with E-state index in [9.17, 15) is 4.79 Å². The molecule has 1 atom stereocenters. The fraction of sp³-hybridized carbons (Fsp3) is 0.615. The average molecular weight is 314 g/mol. The molecule has 4 nitrogen and oxygen atoms in total. The molecule has 0 spiro atoms. The molecule has 0 bridgehead atoms. The number of likely N-dealkylation sites (N-methyl/N-ethyl adjacent to an activating group) is 1. The van der Waals surface area contributed by atoms with Crippen LogP contribution in [0.5, 0.6) is 0 Å². The minimum atomic E-state index is 0.130. The summed E-state index contributed by atoms with van der Waals surface area (Å²) in [6.45, 7) is 8.01. The molecule has 1 fully saturated rings. The van der Waals surface area contributed by atoms with Crippen molar-refractivity contribution in [2.75, 3.05) is 26.2 Å². The van der Waals surface area contributed by atoms with Crippen LogP contribution in [0.25, 0.3) is 0 Å². The van der Waals surface area contributed by atoms with Crippen molar-refractivity contribution in [3.63, 3.8) is 0 Å². The van der Waals surface area contributed by atoms with Crippen LogP contribution in [-0.2, 0) is 7.05 Å². The molecule has 5 heteroatoms. The van der Waals surface area contributed by atoms with E-state index in [1.54, 1.807) is 0 Å². The number of amides is 1. The number of carbonyl (C=O) groups is 1. The van der Waals surface area contributed by atoms with Crippen molar-refractivity contribution in [2.45, 2.75) is 19.9 Å². The van der Waals surface area contributed by atoms with E-state index in [-0.39, 0.29) is 5.91 Å². The third kappa shape index (κ3) is 2.62. The zero-order valence-corrected chi connectivity index (χ0v) is 12.8. The third-order valence-corrected chi connectivity index (χ3v) is 4.08. The zero-order chi connectivity index (χ0) is 13.3. The molecule has 0 radical (unpaired) electrons. The Morgan fingerprint density at radius 2 is 2.22 bits per heavy atom. The molecule has 1 amide bonds. The molecule has 1 aromatic rings. The standard InChI is InChI=1S/C13H20BrN3O/c1-4-16-5-6-17(8-10(16)2)13(18)12-7-11(14)9-15(12)3/h7,9-10H,4-6,8H2,1-3H3. The molecule has 0 saturated carbocycles. The van der Waals surface area contributed by atoms with Gasteiger partial charge in [0.05, 0.1) is 0 Å². The highest BCUT2D eigenvalue weighted by molar-refractivity contribution is 9.10. The van der Waals surface area contributed by atoms with Crippen LogP contribution in [0.3, 0.4) is 0 Å². The minimum absolute atomic E-state index is 0.130. The minimum Gasteiger partial charge on any atom is -0.345 e. The van der Waals surface area contributed by atoms with E-state index in [2.05, 4.69) is 34.7 Å². The smallest absolute Gasteiger partial charge is 0.270 e. The van der Waals surface area contributed by atoms with Crippen LogP contribution in [0.1, 0.15) is 24.3 Å². The molecule has 0 aliphatic carbocycles. The molecular weight excluding hydrogens is 294 g/mol. The average Bonchev–Trinajstić information content (AvgIpc) is 2.67. The van der Waals surface area contributed by atoms with Gasteiger partial charge in [-0.15, -0.1) is 0 Å². The number of carbonyl (C=O) groups excluding carboxylic acids is 1. The molecule has 1 aliphatic rings. The highest BCUT2D eigenvalue weighted by Crippen LogP contribution is 2.17. The Hall–Kier alpha value is -0.810. The molecule has 1 aromatic heterocycles. The van der Waals surface area contributed by atoms with Crippen LogP contribution in [0.15, 0.2) is 16.7 Å². The van der Waals surface area contributed by atoms with Gasteiger partial charge in [0.15, 0.2) is 0 Å². The lowest BCUT2D eigenvalue weighted by Crippen LogP contribution is -2.53. The first kappa shape index (κ1) is 13.6. The lowest BCUT2D eigenvalue weighted by atomic mass is 10.2. The van der Waals surface area contributed by atoms with Crippen molar-refractivity contribution in [1.82, 2.24) is 14.4 Å². The topological polar surface area (TPSA) is 28.5 Å². The lowest BCUT2D eigenvalue weighted by Gasteiger charge is -2.39. The molecule has 1 unspecified atom stereocenters. The first-order valence-corrected chi connectivity index (χ1v) is 7.17. The van der Waals surface area contributed by atoms with Gasteiger partial charge in [0.2, 0.25) is 0 Å². The molecular formula is C13H20BrN3O. The van der Waals surface area contributed by atoms with Crippen molar-refractivity contribution >= 4 is 21.8 Å². The second-order valence-corrected chi connectivity index (χ2v) is 5.80. The zero-order valence-electron chi connectivity index (χ0n) is 11.2. The summed E-state index contributed by atoms with van der Waals surface area (Å²) in [5.74, 6) is 0.130. The summed E-state index contributed by atoms with van der Waals surface area (Å²) in [7, 11) is 1.91. The van der Waals surface area contributed by atoms with Gasteiger partial charge < -0.3 is 9.47 Å². The van der Waals surface area contributed by atoms with Crippen LogP contribution in [0.4, 0.5) is 0 Å². The quantitative estimate of drug-likeness (QED) is 0.835.